The van der Waals surface area contributed by atoms with Crippen molar-refractivity contribution < 1.29 is 14.6 Å². The second-order valence-corrected chi connectivity index (χ2v) is 3.60. The Morgan fingerprint density at radius 3 is 3.05 bits per heavy atom. The molecule has 0 saturated heterocycles. The lowest BCUT2D eigenvalue weighted by Crippen LogP contribution is -2.17. The molecule has 2 aromatic rings. The molecule has 0 saturated carbocycles. The molecule has 1 heterocycles. The number of aromatic amines is 1. The van der Waals surface area contributed by atoms with Crippen LogP contribution in [-0.2, 0) is 0 Å². The summed E-state index contributed by atoms with van der Waals surface area (Å²) in [6.45, 7) is 0. The number of hydrogen-bond donors (Lipinski definition) is 3. The third kappa shape index (κ3) is 3.09. The molecule has 3 N–H and O–H groups in total. The Hall–Kier alpha value is -2.83. The number of aromatic hydroxyl groups is 1. The molecule has 0 bridgehead atoms. The summed E-state index contributed by atoms with van der Waals surface area (Å²) in [7, 11) is 1.47. The second-order valence-electron chi connectivity index (χ2n) is 3.60. The number of H-pyrrole nitrogens is 1. The minimum absolute atomic E-state index is 0.00587. The number of hydrazone groups is 1. The number of amides is 1. The first-order chi connectivity index (χ1) is 9.20. The highest BCUT2D eigenvalue weighted by atomic mass is 16.5. The summed E-state index contributed by atoms with van der Waals surface area (Å²) < 4.78 is 4.92. The standard InChI is InChI=1S/C12H12N4O3/c1-19-11-3-2-8(4-10(11)17)5-15-16-12(18)9-6-13-7-14-9/h2-7,17H,1H3,(H,13,14)(H,16,18). The van der Waals surface area contributed by atoms with E-state index in [0.29, 0.717) is 17.0 Å². The van der Waals surface area contributed by atoms with Crippen molar-refractivity contribution >= 4 is 12.1 Å². The lowest BCUT2D eigenvalue weighted by molar-refractivity contribution is 0.0950. The van der Waals surface area contributed by atoms with E-state index in [1.165, 1.54) is 31.9 Å². The Bertz CT molecular complexity index is 593. The van der Waals surface area contributed by atoms with Crippen LogP contribution >= 0.6 is 0 Å². The topological polar surface area (TPSA) is 99.6 Å². The highest BCUT2D eigenvalue weighted by Crippen LogP contribution is 2.25. The summed E-state index contributed by atoms with van der Waals surface area (Å²) in [5, 5.41) is 13.3. The third-order valence-electron chi connectivity index (χ3n) is 2.33. The van der Waals surface area contributed by atoms with E-state index < -0.39 is 5.91 Å². The predicted molar refractivity (Wildman–Crippen MR) is 68.3 cm³/mol. The maximum Gasteiger partial charge on any atom is 0.289 e. The number of hydrogen-bond acceptors (Lipinski definition) is 5. The van der Waals surface area contributed by atoms with E-state index in [4.69, 9.17) is 4.74 Å². The molecular formula is C12H12N4O3. The van der Waals surface area contributed by atoms with E-state index in [0.717, 1.165) is 0 Å². The number of aromatic nitrogens is 2. The number of nitrogens with one attached hydrogen (secondary N) is 2. The summed E-state index contributed by atoms with van der Waals surface area (Å²) in [5.74, 6) is -0.0172. The van der Waals surface area contributed by atoms with Crippen LogP contribution in [-0.4, -0.2) is 34.3 Å². The van der Waals surface area contributed by atoms with Gasteiger partial charge in [0.1, 0.15) is 5.69 Å². The molecule has 0 unspecified atom stereocenters. The molecule has 0 fully saturated rings. The normalized spacial score (nSPS) is 10.6. The number of phenolic OH excluding ortho intramolecular Hbond substituents is 1. The molecule has 0 aliphatic heterocycles. The molecule has 1 amide bonds. The first-order valence-electron chi connectivity index (χ1n) is 5.39. The van der Waals surface area contributed by atoms with Crippen LogP contribution < -0.4 is 10.2 Å². The molecule has 19 heavy (non-hydrogen) atoms. The molecule has 0 aliphatic carbocycles. The average molecular weight is 260 g/mol. The van der Waals surface area contributed by atoms with E-state index in [2.05, 4.69) is 20.5 Å². The van der Waals surface area contributed by atoms with Gasteiger partial charge in [-0.3, -0.25) is 4.79 Å². The smallest absolute Gasteiger partial charge is 0.289 e. The number of carbonyl (C=O) groups is 1. The fourth-order valence-electron chi connectivity index (χ4n) is 1.39. The number of rotatable bonds is 4. The largest absolute Gasteiger partial charge is 0.504 e. The fraction of sp³-hybridized carbons (Fsp3) is 0.0833. The molecule has 0 radical (unpaired) electrons. The fourth-order valence-corrected chi connectivity index (χ4v) is 1.39. The molecule has 7 nitrogen and oxygen atoms in total. The summed E-state index contributed by atoms with van der Waals surface area (Å²) in [5.41, 5.74) is 3.27. The van der Waals surface area contributed by atoms with Crippen molar-refractivity contribution in [3.8, 4) is 11.5 Å². The zero-order valence-electron chi connectivity index (χ0n) is 10.1. The Morgan fingerprint density at radius 2 is 2.42 bits per heavy atom. The van der Waals surface area contributed by atoms with Crippen molar-refractivity contribution in [3.05, 3.63) is 42.0 Å². The van der Waals surface area contributed by atoms with Crippen LogP contribution in [0.1, 0.15) is 16.1 Å². The zero-order chi connectivity index (χ0) is 13.7. The van der Waals surface area contributed by atoms with E-state index in [1.807, 2.05) is 0 Å². The Balaban J connectivity index is 1.99. The van der Waals surface area contributed by atoms with Gasteiger partial charge >= 0.3 is 0 Å². The molecule has 0 spiro atoms. The SMILES string of the molecule is COc1ccc(C=NNC(=O)c2cnc[nH]2)cc1O. The molecule has 7 heteroatoms. The highest BCUT2D eigenvalue weighted by Gasteiger charge is 2.04. The number of methoxy groups -OCH3 is 1. The van der Waals surface area contributed by atoms with E-state index >= 15 is 0 Å². The van der Waals surface area contributed by atoms with Crippen LogP contribution in [0.3, 0.4) is 0 Å². The van der Waals surface area contributed by atoms with Gasteiger partial charge in [0.15, 0.2) is 11.5 Å². The summed E-state index contributed by atoms with van der Waals surface area (Å²) >= 11 is 0. The lowest BCUT2D eigenvalue weighted by Gasteiger charge is -2.03. The average Bonchev–Trinajstić information content (AvgIpc) is 2.93. The van der Waals surface area contributed by atoms with Crippen LogP contribution in [0.15, 0.2) is 35.8 Å². The van der Waals surface area contributed by atoms with Gasteiger partial charge in [-0.15, -0.1) is 0 Å². The number of imidazole rings is 1. The van der Waals surface area contributed by atoms with Crippen molar-refractivity contribution in [2.45, 2.75) is 0 Å². The van der Waals surface area contributed by atoms with Gasteiger partial charge in [-0.05, 0) is 23.8 Å². The van der Waals surface area contributed by atoms with Gasteiger partial charge in [0.05, 0.1) is 25.8 Å². The van der Waals surface area contributed by atoms with Crippen molar-refractivity contribution in [2.75, 3.05) is 7.11 Å². The van der Waals surface area contributed by atoms with E-state index in [-0.39, 0.29) is 5.75 Å². The van der Waals surface area contributed by atoms with Crippen molar-refractivity contribution in [1.29, 1.82) is 0 Å². The molecule has 0 aliphatic rings. The van der Waals surface area contributed by atoms with Gasteiger partial charge in [0.2, 0.25) is 0 Å². The lowest BCUT2D eigenvalue weighted by atomic mass is 10.2. The van der Waals surface area contributed by atoms with Gasteiger partial charge < -0.3 is 14.8 Å². The molecule has 1 aromatic carbocycles. The van der Waals surface area contributed by atoms with Gasteiger partial charge in [-0.1, -0.05) is 0 Å². The zero-order valence-corrected chi connectivity index (χ0v) is 10.1. The summed E-state index contributed by atoms with van der Waals surface area (Å²) in [6, 6.07) is 4.78. The van der Waals surface area contributed by atoms with Crippen LogP contribution in [0.4, 0.5) is 0 Å². The molecular weight excluding hydrogens is 248 g/mol. The van der Waals surface area contributed by atoms with E-state index in [9.17, 15) is 9.90 Å². The van der Waals surface area contributed by atoms with Crippen molar-refractivity contribution in [1.82, 2.24) is 15.4 Å². The molecule has 0 atom stereocenters. The van der Waals surface area contributed by atoms with Gasteiger partial charge in [-0.2, -0.15) is 5.10 Å². The maximum atomic E-state index is 11.5. The molecule has 98 valence electrons. The van der Waals surface area contributed by atoms with Crippen LogP contribution in [0.5, 0.6) is 11.5 Å². The quantitative estimate of drug-likeness (QED) is 0.561. The Morgan fingerprint density at radius 1 is 1.58 bits per heavy atom. The summed E-state index contributed by atoms with van der Waals surface area (Å²) in [4.78, 5) is 17.9. The summed E-state index contributed by atoms with van der Waals surface area (Å²) in [6.07, 6.45) is 4.21. The van der Waals surface area contributed by atoms with Gasteiger partial charge in [0, 0.05) is 0 Å². The third-order valence-corrected chi connectivity index (χ3v) is 2.33. The first kappa shape index (κ1) is 12.6. The van der Waals surface area contributed by atoms with E-state index in [1.54, 1.807) is 12.1 Å². The minimum atomic E-state index is -0.397. The van der Waals surface area contributed by atoms with Crippen molar-refractivity contribution in [3.63, 3.8) is 0 Å². The first-order valence-corrected chi connectivity index (χ1v) is 5.39. The Labute approximate surface area is 108 Å². The van der Waals surface area contributed by atoms with Crippen LogP contribution in [0, 0.1) is 0 Å². The predicted octanol–water partition coefficient (Wildman–Crippen LogP) is 0.888. The highest BCUT2D eigenvalue weighted by molar-refractivity contribution is 5.92. The van der Waals surface area contributed by atoms with Crippen molar-refractivity contribution in [2.24, 2.45) is 5.10 Å². The number of phenols is 1. The maximum absolute atomic E-state index is 11.5. The van der Waals surface area contributed by atoms with Crippen LogP contribution in [0.25, 0.3) is 0 Å². The van der Waals surface area contributed by atoms with Gasteiger partial charge in [-0.25, -0.2) is 10.4 Å². The molecule has 2 rings (SSSR count). The monoisotopic (exact) mass is 260 g/mol. The Kier molecular flexibility index (Phi) is 3.77. The second kappa shape index (κ2) is 5.67. The number of nitrogens with zero attached hydrogens (tertiary/aromatic N) is 2. The van der Waals surface area contributed by atoms with Crippen LogP contribution in [0.2, 0.25) is 0 Å². The number of ether oxygens (including phenoxy) is 1. The van der Waals surface area contributed by atoms with Gasteiger partial charge in [0.25, 0.3) is 5.91 Å². The number of benzene rings is 1. The molecule has 1 aromatic heterocycles. The number of carbonyl (C=O) groups excluding carboxylic acids is 1. The minimum Gasteiger partial charge on any atom is -0.504 e.